The molecule has 0 aliphatic carbocycles. The molecular formula is C17H27IN4S2. The molecule has 2 aromatic rings. The average molecular weight is 478 g/mol. The average Bonchev–Trinajstić information content (AvgIpc) is 3.23. The number of rotatable bonds is 8. The third-order valence-electron chi connectivity index (χ3n) is 3.51. The minimum atomic E-state index is 0. The largest absolute Gasteiger partial charge is 0.357 e. The van der Waals surface area contributed by atoms with E-state index in [1.54, 1.807) is 11.3 Å². The van der Waals surface area contributed by atoms with Crippen LogP contribution in [-0.2, 0) is 19.3 Å². The first kappa shape index (κ1) is 21.4. The first-order valence-electron chi connectivity index (χ1n) is 8.18. The Morgan fingerprint density at radius 1 is 1.29 bits per heavy atom. The zero-order valence-corrected chi connectivity index (χ0v) is 18.6. The van der Waals surface area contributed by atoms with Crippen molar-refractivity contribution in [2.75, 3.05) is 26.7 Å². The van der Waals surface area contributed by atoms with Crippen molar-refractivity contribution in [3.8, 4) is 0 Å². The summed E-state index contributed by atoms with van der Waals surface area (Å²) in [4.78, 5) is 14.2. The normalized spacial score (nSPS) is 11.2. The molecule has 0 saturated heterocycles. The molecule has 1 N–H and O–H groups in total. The van der Waals surface area contributed by atoms with Crippen LogP contribution in [0.15, 0.2) is 28.7 Å². The van der Waals surface area contributed by atoms with Gasteiger partial charge in [0, 0.05) is 49.1 Å². The third kappa shape index (κ3) is 7.06. The second-order valence-electron chi connectivity index (χ2n) is 5.31. The number of halogens is 1. The van der Waals surface area contributed by atoms with Crippen LogP contribution in [0.1, 0.15) is 28.6 Å². The number of guanidine groups is 1. The minimum Gasteiger partial charge on any atom is -0.357 e. The first-order chi connectivity index (χ1) is 11.2. The summed E-state index contributed by atoms with van der Waals surface area (Å²) < 4.78 is 0. The zero-order chi connectivity index (χ0) is 16.5. The second-order valence-corrected chi connectivity index (χ2v) is 7.54. The molecule has 4 nitrogen and oxygen atoms in total. The monoisotopic (exact) mass is 478 g/mol. The number of aryl methyl sites for hydroxylation is 1. The highest BCUT2D eigenvalue weighted by atomic mass is 127. The highest BCUT2D eigenvalue weighted by molar-refractivity contribution is 14.0. The standard InChI is InChI=1S/C17H26N4S2.HI/c1-4-14-13-20-16(23-14)8-10-19-17(18-5-2)21(3)11-9-15-7-6-12-22-15;/h6-7,12-13H,4-5,8-11H2,1-3H3,(H,18,19);1H. The maximum atomic E-state index is 4.75. The molecule has 0 aliphatic heterocycles. The number of thiazole rings is 1. The third-order valence-corrected chi connectivity index (χ3v) is 5.64. The Morgan fingerprint density at radius 2 is 2.12 bits per heavy atom. The quantitative estimate of drug-likeness (QED) is 0.353. The molecule has 0 saturated carbocycles. The van der Waals surface area contributed by atoms with Crippen molar-refractivity contribution in [1.82, 2.24) is 15.2 Å². The fraction of sp³-hybridized carbons (Fsp3) is 0.529. The molecule has 134 valence electrons. The number of nitrogens with one attached hydrogen (secondary N) is 1. The summed E-state index contributed by atoms with van der Waals surface area (Å²) in [6, 6.07) is 4.30. The molecule has 0 atom stereocenters. The van der Waals surface area contributed by atoms with Crippen LogP contribution < -0.4 is 5.32 Å². The van der Waals surface area contributed by atoms with E-state index < -0.39 is 0 Å². The molecule has 2 aromatic heterocycles. The molecule has 0 bridgehead atoms. The van der Waals surface area contributed by atoms with Crippen LogP contribution in [0.25, 0.3) is 0 Å². The lowest BCUT2D eigenvalue weighted by Gasteiger charge is -2.21. The lowest BCUT2D eigenvalue weighted by Crippen LogP contribution is -2.40. The highest BCUT2D eigenvalue weighted by Crippen LogP contribution is 2.14. The number of likely N-dealkylation sites (N-methyl/N-ethyl adjacent to an activating group) is 1. The van der Waals surface area contributed by atoms with Crippen LogP contribution in [0.4, 0.5) is 0 Å². The van der Waals surface area contributed by atoms with E-state index in [-0.39, 0.29) is 24.0 Å². The van der Waals surface area contributed by atoms with Gasteiger partial charge in [0.15, 0.2) is 5.96 Å². The fourth-order valence-corrected chi connectivity index (χ4v) is 3.74. The summed E-state index contributed by atoms with van der Waals surface area (Å²) in [6.07, 6.45) is 5.03. The number of aromatic nitrogens is 1. The van der Waals surface area contributed by atoms with Gasteiger partial charge in [-0.2, -0.15) is 0 Å². The highest BCUT2D eigenvalue weighted by Gasteiger charge is 2.06. The van der Waals surface area contributed by atoms with Crippen LogP contribution in [0.3, 0.4) is 0 Å². The molecule has 0 unspecified atom stereocenters. The van der Waals surface area contributed by atoms with E-state index in [0.717, 1.165) is 44.9 Å². The van der Waals surface area contributed by atoms with Crippen LogP contribution in [0.5, 0.6) is 0 Å². The fourth-order valence-electron chi connectivity index (χ4n) is 2.19. The van der Waals surface area contributed by atoms with Gasteiger partial charge in [-0.25, -0.2) is 4.98 Å². The van der Waals surface area contributed by atoms with E-state index >= 15 is 0 Å². The van der Waals surface area contributed by atoms with Crippen molar-refractivity contribution < 1.29 is 0 Å². The summed E-state index contributed by atoms with van der Waals surface area (Å²) in [6.45, 7) is 6.92. The predicted octanol–water partition coefficient (Wildman–Crippen LogP) is 4.07. The maximum absolute atomic E-state index is 4.75. The van der Waals surface area contributed by atoms with Gasteiger partial charge in [-0.1, -0.05) is 13.0 Å². The predicted molar refractivity (Wildman–Crippen MR) is 117 cm³/mol. The summed E-state index contributed by atoms with van der Waals surface area (Å²) in [5, 5.41) is 6.69. The van der Waals surface area contributed by atoms with Gasteiger partial charge in [0.1, 0.15) is 0 Å². The van der Waals surface area contributed by atoms with Gasteiger partial charge in [-0.05, 0) is 31.2 Å². The zero-order valence-electron chi connectivity index (χ0n) is 14.6. The van der Waals surface area contributed by atoms with Gasteiger partial charge in [0.05, 0.1) is 5.01 Å². The Morgan fingerprint density at radius 3 is 2.75 bits per heavy atom. The summed E-state index contributed by atoms with van der Waals surface area (Å²) in [5.41, 5.74) is 0. The Kier molecular flexibility index (Phi) is 10.5. The van der Waals surface area contributed by atoms with Crippen molar-refractivity contribution in [2.45, 2.75) is 33.1 Å². The molecule has 0 amide bonds. The number of thiophene rings is 1. The minimum absolute atomic E-state index is 0. The van der Waals surface area contributed by atoms with E-state index in [1.165, 1.54) is 14.8 Å². The van der Waals surface area contributed by atoms with E-state index in [4.69, 9.17) is 4.99 Å². The molecule has 0 aromatic carbocycles. The lowest BCUT2D eigenvalue weighted by atomic mass is 10.3. The molecule has 7 heteroatoms. The molecule has 24 heavy (non-hydrogen) atoms. The van der Waals surface area contributed by atoms with E-state index in [0.29, 0.717) is 0 Å². The van der Waals surface area contributed by atoms with Crippen molar-refractivity contribution in [3.63, 3.8) is 0 Å². The van der Waals surface area contributed by atoms with Gasteiger partial charge in [0.25, 0.3) is 0 Å². The van der Waals surface area contributed by atoms with Crippen LogP contribution in [0, 0.1) is 0 Å². The van der Waals surface area contributed by atoms with E-state index in [1.807, 2.05) is 17.5 Å². The summed E-state index contributed by atoms with van der Waals surface area (Å²) >= 11 is 3.62. The van der Waals surface area contributed by atoms with Crippen molar-refractivity contribution in [1.29, 1.82) is 0 Å². The Balaban J connectivity index is 0.00000288. The number of hydrogen-bond donors (Lipinski definition) is 1. The van der Waals surface area contributed by atoms with Gasteiger partial charge < -0.3 is 10.2 Å². The van der Waals surface area contributed by atoms with Gasteiger partial charge >= 0.3 is 0 Å². The molecule has 0 spiro atoms. The van der Waals surface area contributed by atoms with Gasteiger partial charge in [0.2, 0.25) is 0 Å². The number of aliphatic imine (C=N–C) groups is 1. The van der Waals surface area contributed by atoms with Crippen molar-refractivity contribution in [3.05, 3.63) is 38.5 Å². The molecule has 0 aliphatic rings. The summed E-state index contributed by atoms with van der Waals surface area (Å²) in [7, 11) is 2.10. The SMILES string of the molecule is CCNC(=NCCc1ncc(CC)s1)N(C)CCc1cccs1.I. The van der Waals surface area contributed by atoms with Crippen molar-refractivity contribution >= 4 is 52.6 Å². The van der Waals surface area contributed by atoms with Gasteiger partial charge in [-0.3, -0.25) is 4.99 Å². The van der Waals surface area contributed by atoms with E-state index in [9.17, 15) is 0 Å². The maximum Gasteiger partial charge on any atom is 0.193 e. The molecular weight excluding hydrogens is 451 g/mol. The van der Waals surface area contributed by atoms with Crippen LogP contribution in [0.2, 0.25) is 0 Å². The topological polar surface area (TPSA) is 40.5 Å². The lowest BCUT2D eigenvalue weighted by molar-refractivity contribution is 0.487. The molecule has 2 heterocycles. The van der Waals surface area contributed by atoms with Crippen LogP contribution >= 0.6 is 46.7 Å². The Hall–Kier alpha value is -0.670. The van der Waals surface area contributed by atoms with Crippen LogP contribution in [-0.4, -0.2) is 42.5 Å². The van der Waals surface area contributed by atoms with Crippen molar-refractivity contribution in [2.24, 2.45) is 4.99 Å². The second kappa shape index (κ2) is 11.8. The first-order valence-corrected chi connectivity index (χ1v) is 9.88. The van der Waals surface area contributed by atoms with E-state index in [2.05, 4.69) is 53.6 Å². The Labute approximate surface area is 170 Å². The number of hydrogen-bond acceptors (Lipinski definition) is 4. The summed E-state index contributed by atoms with van der Waals surface area (Å²) in [5.74, 6) is 0.983. The smallest absolute Gasteiger partial charge is 0.193 e. The molecule has 2 rings (SSSR count). The molecule has 0 radical (unpaired) electrons. The molecule has 0 fully saturated rings. The number of nitrogens with zero attached hydrogens (tertiary/aromatic N) is 3. The van der Waals surface area contributed by atoms with Gasteiger partial charge in [-0.15, -0.1) is 46.7 Å². The Bertz CT molecular complexity index is 596.